The number of nitrogens with zero attached hydrogens (tertiary/aromatic N) is 2. The van der Waals surface area contributed by atoms with Crippen LogP contribution in [0.4, 0.5) is 0 Å². The summed E-state index contributed by atoms with van der Waals surface area (Å²) in [6, 6.07) is 8.61. The highest BCUT2D eigenvalue weighted by Gasteiger charge is 2.12. The molecule has 0 aliphatic rings. The van der Waals surface area contributed by atoms with Gasteiger partial charge in [0.2, 0.25) is 0 Å². The second-order valence-electron chi connectivity index (χ2n) is 5.49. The summed E-state index contributed by atoms with van der Waals surface area (Å²) in [6.07, 6.45) is 5.23. The van der Waals surface area contributed by atoms with Crippen molar-refractivity contribution in [1.29, 1.82) is 0 Å². The maximum absolute atomic E-state index is 12.4. The third kappa shape index (κ3) is 3.97. The van der Waals surface area contributed by atoms with Crippen molar-refractivity contribution in [3.63, 3.8) is 0 Å². The van der Waals surface area contributed by atoms with Crippen LogP contribution in [0, 0.1) is 0 Å². The lowest BCUT2D eigenvalue weighted by Gasteiger charge is -2.11. The first-order valence-electron chi connectivity index (χ1n) is 7.94. The van der Waals surface area contributed by atoms with Gasteiger partial charge in [-0.2, -0.15) is 0 Å². The van der Waals surface area contributed by atoms with Crippen LogP contribution in [0.15, 0.2) is 55.4 Å². The molecule has 0 spiro atoms. The van der Waals surface area contributed by atoms with E-state index in [4.69, 9.17) is 21.1 Å². The fraction of sp³-hybridized carbons (Fsp3) is 0.158. The number of ether oxygens (including phenoxy) is 2. The van der Waals surface area contributed by atoms with Crippen LogP contribution in [0.5, 0.6) is 11.5 Å². The van der Waals surface area contributed by atoms with Gasteiger partial charge in [0.1, 0.15) is 12.3 Å². The minimum absolute atomic E-state index is 0.228. The highest BCUT2D eigenvalue weighted by molar-refractivity contribution is 6.30. The van der Waals surface area contributed by atoms with E-state index >= 15 is 0 Å². The number of nitrogens with one attached hydrogen (secondary N) is 1. The SMILES string of the molecule is C=CCOc1ccc(C(=O)NCc2cn3cc(Cl)ccc3n2)cc1OC. The van der Waals surface area contributed by atoms with E-state index in [9.17, 15) is 4.79 Å². The summed E-state index contributed by atoms with van der Waals surface area (Å²) in [4.78, 5) is 16.8. The molecule has 3 aromatic rings. The lowest BCUT2D eigenvalue weighted by Crippen LogP contribution is -2.23. The lowest BCUT2D eigenvalue weighted by atomic mass is 10.2. The first-order chi connectivity index (χ1) is 12.6. The molecular formula is C19H18ClN3O3. The van der Waals surface area contributed by atoms with Crippen LogP contribution < -0.4 is 14.8 Å². The molecule has 0 aliphatic carbocycles. The zero-order valence-electron chi connectivity index (χ0n) is 14.2. The second-order valence-corrected chi connectivity index (χ2v) is 5.93. The third-order valence-corrected chi connectivity index (χ3v) is 3.90. The van der Waals surface area contributed by atoms with Gasteiger partial charge in [-0.3, -0.25) is 4.79 Å². The molecule has 6 nitrogen and oxygen atoms in total. The molecule has 0 aliphatic heterocycles. The number of amides is 1. The van der Waals surface area contributed by atoms with Gasteiger partial charge < -0.3 is 19.2 Å². The zero-order valence-corrected chi connectivity index (χ0v) is 15.0. The Labute approximate surface area is 156 Å². The molecule has 2 heterocycles. The van der Waals surface area contributed by atoms with Gasteiger partial charge in [-0.05, 0) is 30.3 Å². The van der Waals surface area contributed by atoms with Crippen molar-refractivity contribution in [2.24, 2.45) is 0 Å². The van der Waals surface area contributed by atoms with Gasteiger partial charge in [-0.15, -0.1) is 0 Å². The monoisotopic (exact) mass is 371 g/mol. The van der Waals surface area contributed by atoms with Crippen molar-refractivity contribution in [2.45, 2.75) is 6.54 Å². The number of carbonyl (C=O) groups excluding carboxylic acids is 1. The fourth-order valence-corrected chi connectivity index (χ4v) is 2.62. The van der Waals surface area contributed by atoms with E-state index in [0.29, 0.717) is 35.2 Å². The van der Waals surface area contributed by atoms with Crippen molar-refractivity contribution >= 4 is 23.2 Å². The fourth-order valence-electron chi connectivity index (χ4n) is 2.45. The molecule has 0 radical (unpaired) electrons. The smallest absolute Gasteiger partial charge is 0.251 e. The average molecular weight is 372 g/mol. The topological polar surface area (TPSA) is 64.9 Å². The minimum Gasteiger partial charge on any atom is -0.493 e. The molecule has 1 amide bonds. The van der Waals surface area contributed by atoms with Crippen LogP contribution >= 0.6 is 11.6 Å². The number of carbonyl (C=O) groups is 1. The van der Waals surface area contributed by atoms with Crippen LogP contribution in [0.2, 0.25) is 5.02 Å². The summed E-state index contributed by atoms with van der Waals surface area (Å²) in [5.41, 5.74) is 1.97. The van der Waals surface area contributed by atoms with E-state index in [1.807, 2.05) is 16.7 Å². The number of methoxy groups -OCH3 is 1. The summed E-state index contributed by atoms with van der Waals surface area (Å²) in [7, 11) is 1.53. The van der Waals surface area contributed by atoms with E-state index < -0.39 is 0 Å². The zero-order chi connectivity index (χ0) is 18.5. The number of pyridine rings is 1. The Morgan fingerprint density at radius 2 is 2.15 bits per heavy atom. The van der Waals surface area contributed by atoms with Gasteiger partial charge in [-0.1, -0.05) is 24.3 Å². The van der Waals surface area contributed by atoms with Gasteiger partial charge in [-0.25, -0.2) is 4.98 Å². The van der Waals surface area contributed by atoms with E-state index in [-0.39, 0.29) is 5.91 Å². The summed E-state index contributed by atoms with van der Waals surface area (Å²) in [5, 5.41) is 3.47. The first-order valence-corrected chi connectivity index (χ1v) is 8.31. The van der Waals surface area contributed by atoms with Crippen LogP contribution in [0.1, 0.15) is 16.1 Å². The van der Waals surface area contributed by atoms with E-state index in [0.717, 1.165) is 11.3 Å². The van der Waals surface area contributed by atoms with E-state index in [1.165, 1.54) is 7.11 Å². The molecule has 2 aromatic heterocycles. The van der Waals surface area contributed by atoms with Crippen LogP contribution in [0.3, 0.4) is 0 Å². The maximum atomic E-state index is 12.4. The number of imidazole rings is 1. The molecule has 0 atom stereocenters. The minimum atomic E-state index is -0.228. The van der Waals surface area contributed by atoms with Gasteiger partial charge >= 0.3 is 0 Å². The maximum Gasteiger partial charge on any atom is 0.251 e. The molecule has 0 unspecified atom stereocenters. The number of fused-ring (bicyclic) bond motifs is 1. The molecule has 7 heteroatoms. The second kappa shape index (κ2) is 7.93. The molecule has 0 bridgehead atoms. The summed E-state index contributed by atoms with van der Waals surface area (Å²) in [6.45, 7) is 4.27. The predicted octanol–water partition coefficient (Wildman–Crippen LogP) is 3.49. The van der Waals surface area contributed by atoms with E-state index in [1.54, 1.807) is 36.5 Å². The lowest BCUT2D eigenvalue weighted by molar-refractivity contribution is 0.0950. The Morgan fingerprint density at radius 1 is 1.31 bits per heavy atom. The van der Waals surface area contributed by atoms with Crippen LogP contribution in [-0.4, -0.2) is 29.0 Å². The van der Waals surface area contributed by atoms with Crippen molar-refractivity contribution in [2.75, 3.05) is 13.7 Å². The highest BCUT2D eigenvalue weighted by Crippen LogP contribution is 2.28. The number of halogens is 1. The molecule has 1 aromatic carbocycles. The summed E-state index contributed by atoms with van der Waals surface area (Å²) >= 11 is 5.96. The summed E-state index contributed by atoms with van der Waals surface area (Å²) in [5.74, 6) is 0.816. The average Bonchev–Trinajstić information content (AvgIpc) is 3.06. The molecule has 0 saturated heterocycles. The molecule has 0 saturated carbocycles. The molecular weight excluding hydrogens is 354 g/mol. The number of hydrogen-bond acceptors (Lipinski definition) is 4. The van der Waals surface area contributed by atoms with Gasteiger partial charge in [0.25, 0.3) is 5.91 Å². The third-order valence-electron chi connectivity index (χ3n) is 3.68. The first kappa shape index (κ1) is 17.8. The van der Waals surface area contributed by atoms with Crippen molar-refractivity contribution in [3.05, 3.63) is 71.7 Å². The van der Waals surface area contributed by atoms with Crippen molar-refractivity contribution in [1.82, 2.24) is 14.7 Å². The van der Waals surface area contributed by atoms with Crippen molar-refractivity contribution < 1.29 is 14.3 Å². The predicted molar refractivity (Wildman–Crippen MR) is 100 cm³/mol. The Hall–Kier alpha value is -2.99. The molecule has 1 N–H and O–H groups in total. The Bertz CT molecular complexity index is 952. The number of aromatic nitrogens is 2. The number of benzene rings is 1. The van der Waals surface area contributed by atoms with Gasteiger partial charge in [0.15, 0.2) is 11.5 Å². The Kier molecular flexibility index (Phi) is 5.43. The largest absolute Gasteiger partial charge is 0.493 e. The van der Waals surface area contributed by atoms with Gasteiger partial charge in [0, 0.05) is 18.0 Å². The Morgan fingerprint density at radius 3 is 2.92 bits per heavy atom. The van der Waals surface area contributed by atoms with Crippen molar-refractivity contribution in [3.8, 4) is 11.5 Å². The normalized spacial score (nSPS) is 10.5. The van der Waals surface area contributed by atoms with Gasteiger partial charge in [0.05, 0.1) is 24.4 Å². The number of rotatable bonds is 7. The number of hydrogen-bond donors (Lipinski definition) is 1. The molecule has 26 heavy (non-hydrogen) atoms. The van der Waals surface area contributed by atoms with Crippen LogP contribution in [0.25, 0.3) is 5.65 Å². The van der Waals surface area contributed by atoms with E-state index in [2.05, 4.69) is 16.9 Å². The quantitative estimate of drug-likeness (QED) is 0.646. The summed E-state index contributed by atoms with van der Waals surface area (Å²) < 4.78 is 12.6. The molecule has 134 valence electrons. The molecule has 0 fully saturated rings. The Balaban J connectivity index is 1.69. The highest BCUT2D eigenvalue weighted by atomic mass is 35.5. The van der Waals surface area contributed by atoms with Crippen LogP contribution in [-0.2, 0) is 6.54 Å². The molecule has 3 rings (SSSR count). The standard InChI is InChI=1S/C19H18ClN3O3/c1-3-8-26-16-6-4-13(9-17(16)25-2)19(24)21-10-15-12-23-11-14(20)5-7-18(23)22-15/h3-7,9,11-12H,1,8,10H2,2H3,(H,21,24).